The van der Waals surface area contributed by atoms with Crippen molar-refractivity contribution in [1.29, 1.82) is 0 Å². The minimum Gasteiger partial charge on any atom is -0.438 e. The number of carbonyl (C=O) groups is 2. The molecule has 1 saturated heterocycles. The predicted molar refractivity (Wildman–Crippen MR) is 134 cm³/mol. The molecule has 2 fully saturated rings. The van der Waals surface area contributed by atoms with E-state index in [0.717, 1.165) is 4.90 Å². The topological polar surface area (TPSA) is 126 Å². The number of aromatic nitrogens is 3. The first-order valence-electron chi connectivity index (χ1n) is 13.3. The molecule has 5 rings (SSSR count). The van der Waals surface area contributed by atoms with Crippen LogP contribution in [0.2, 0.25) is 0 Å². The molecule has 1 aliphatic heterocycles. The second kappa shape index (κ2) is 10.9. The standard InChI is InChI=1S/C26H29F5N6O4/c1-2-37-17(7-10-32-37)22(39)35-21(14-5-8-25(27,28)9-6-14)23-33-16-11-15(3-4-19(16)41-23)18(13-38)36-12-20(26(29,30)31)34-24(36)40/h3-4,7,10-11,14,18,20-21,38H,2,5-6,8-9,12-13H2,1H3,(H,34,40)(H,35,39). The van der Waals surface area contributed by atoms with Gasteiger partial charge >= 0.3 is 12.2 Å². The van der Waals surface area contributed by atoms with Gasteiger partial charge in [-0.3, -0.25) is 9.48 Å². The van der Waals surface area contributed by atoms with E-state index in [1.807, 2.05) is 12.2 Å². The lowest BCUT2D eigenvalue weighted by molar-refractivity contribution is -0.150. The summed E-state index contributed by atoms with van der Waals surface area (Å²) >= 11 is 0. The van der Waals surface area contributed by atoms with Crippen LogP contribution in [0, 0.1) is 5.92 Å². The number of carbonyl (C=O) groups excluding carboxylic acids is 2. The molecule has 1 aromatic carbocycles. The number of amides is 3. The van der Waals surface area contributed by atoms with Crippen molar-refractivity contribution in [3.05, 3.63) is 47.6 Å². The molecule has 2 aromatic heterocycles. The highest BCUT2D eigenvalue weighted by Gasteiger charge is 2.48. The largest absolute Gasteiger partial charge is 0.438 e. The monoisotopic (exact) mass is 584 g/mol. The van der Waals surface area contributed by atoms with E-state index in [0.29, 0.717) is 12.1 Å². The number of aliphatic hydroxyl groups is 1. The van der Waals surface area contributed by atoms with Crippen LogP contribution in [-0.4, -0.2) is 68.0 Å². The molecular formula is C26H29F5N6O4. The van der Waals surface area contributed by atoms with Gasteiger partial charge in [0.15, 0.2) is 5.58 Å². The number of urea groups is 1. The Morgan fingerprint density at radius 2 is 2.00 bits per heavy atom. The van der Waals surface area contributed by atoms with Gasteiger partial charge in [-0.15, -0.1) is 0 Å². The number of halogens is 5. The molecular weight excluding hydrogens is 555 g/mol. The quantitative estimate of drug-likeness (QED) is 0.339. The number of hydrogen-bond donors (Lipinski definition) is 3. The molecule has 0 radical (unpaired) electrons. The summed E-state index contributed by atoms with van der Waals surface area (Å²) in [6.45, 7) is 0.933. The van der Waals surface area contributed by atoms with Crippen LogP contribution in [0.3, 0.4) is 0 Å². The highest BCUT2D eigenvalue weighted by Crippen LogP contribution is 2.42. The Labute approximate surface area is 230 Å². The van der Waals surface area contributed by atoms with Gasteiger partial charge in [-0.1, -0.05) is 6.07 Å². The number of aliphatic hydroxyl groups excluding tert-OH is 1. The zero-order valence-corrected chi connectivity index (χ0v) is 22.0. The molecule has 10 nitrogen and oxygen atoms in total. The van der Waals surface area contributed by atoms with E-state index in [2.05, 4.69) is 15.4 Å². The van der Waals surface area contributed by atoms with Gasteiger partial charge in [-0.25, -0.2) is 18.6 Å². The molecule has 3 N–H and O–H groups in total. The minimum atomic E-state index is -4.65. The molecule has 1 saturated carbocycles. The molecule has 222 valence electrons. The smallest absolute Gasteiger partial charge is 0.410 e. The first-order valence-corrected chi connectivity index (χ1v) is 13.3. The Bertz CT molecular complexity index is 1410. The predicted octanol–water partition coefficient (Wildman–Crippen LogP) is 4.33. The van der Waals surface area contributed by atoms with Crippen LogP contribution < -0.4 is 10.6 Å². The number of fused-ring (bicyclic) bond motifs is 1. The van der Waals surface area contributed by atoms with Crippen LogP contribution in [0.1, 0.15) is 66.6 Å². The Morgan fingerprint density at radius 3 is 2.63 bits per heavy atom. The summed E-state index contributed by atoms with van der Waals surface area (Å²) in [6, 6.07) is 1.06. The molecule has 3 unspecified atom stereocenters. The number of oxazole rings is 1. The lowest BCUT2D eigenvalue weighted by Crippen LogP contribution is -2.40. The molecule has 3 amide bonds. The molecule has 0 spiro atoms. The fourth-order valence-corrected chi connectivity index (χ4v) is 5.47. The Morgan fingerprint density at radius 1 is 1.27 bits per heavy atom. The van der Waals surface area contributed by atoms with Crippen LogP contribution in [0.5, 0.6) is 0 Å². The molecule has 41 heavy (non-hydrogen) atoms. The Balaban J connectivity index is 1.44. The van der Waals surface area contributed by atoms with Gasteiger partial charge in [0.25, 0.3) is 5.91 Å². The number of rotatable bonds is 8. The first kappa shape index (κ1) is 28.8. The molecule has 15 heteroatoms. The SMILES string of the molecule is CCn1nccc1C(=O)NC(c1nc2cc(C(CO)N3CC(C(F)(F)F)NC3=O)ccc2o1)C1CCC(F)(F)CC1. The fourth-order valence-electron chi connectivity index (χ4n) is 5.47. The van der Waals surface area contributed by atoms with Gasteiger partial charge in [-0.05, 0) is 49.4 Å². The van der Waals surface area contributed by atoms with Crippen molar-refractivity contribution in [3.63, 3.8) is 0 Å². The van der Waals surface area contributed by atoms with Gasteiger partial charge in [0, 0.05) is 25.6 Å². The number of aryl methyl sites for hydroxylation is 1. The summed E-state index contributed by atoms with van der Waals surface area (Å²) in [4.78, 5) is 30.9. The normalized spacial score (nSPS) is 21.2. The molecule has 3 aromatic rings. The maximum absolute atomic E-state index is 13.9. The lowest BCUT2D eigenvalue weighted by Gasteiger charge is -2.32. The van der Waals surface area contributed by atoms with Crippen molar-refractivity contribution in [1.82, 2.24) is 30.3 Å². The van der Waals surface area contributed by atoms with Crippen LogP contribution in [0.15, 0.2) is 34.9 Å². The zero-order chi connectivity index (χ0) is 29.5. The van der Waals surface area contributed by atoms with Crippen LogP contribution in [-0.2, 0) is 6.54 Å². The number of alkyl halides is 5. The Hall–Kier alpha value is -3.75. The summed E-state index contributed by atoms with van der Waals surface area (Å²) in [6.07, 6.45) is -3.64. The minimum absolute atomic E-state index is 0.0832. The average molecular weight is 585 g/mol. The third-order valence-corrected chi connectivity index (χ3v) is 7.73. The lowest BCUT2D eigenvalue weighted by atomic mass is 9.82. The third kappa shape index (κ3) is 5.85. The van der Waals surface area contributed by atoms with Crippen molar-refractivity contribution in [3.8, 4) is 0 Å². The van der Waals surface area contributed by atoms with Crippen molar-refractivity contribution in [2.75, 3.05) is 13.2 Å². The van der Waals surface area contributed by atoms with E-state index in [4.69, 9.17) is 4.42 Å². The van der Waals surface area contributed by atoms with E-state index in [1.54, 1.807) is 0 Å². The summed E-state index contributed by atoms with van der Waals surface area (Å²) in [7, 11) is 0. The van der Waals surface area contributed by atoms with E-state index in [1.165, 1.54) is 35.1 Å². The van der Waals surface area contributed by atoms with Crippen LogP contribution in [0.4, 0.5) is 26.7 Å². The number of nitrogens with one attached hydrogen (secondary N) is 2. The van der Waals surface area contributed by atoms with Crippen LogP contribution >= 0.6 is 0 Å². The summed E-state index contributed by atoms with van der Waals surface area (Å²) in [5, 5.41) is 18.8. The highest BCUT2D eigenvalue weighted by molar-refractivity contribution is 5.92. The van der Waals surface area contributed by atoms with Gasteiger partial charge in [0.05, 0.1) is 19.2 Å². The molecule has 0 bridgehead atoms. The van der Waals surface area contributed by atoms with Gasteiger partial charge in [-0.2, -0.15) is 18.3 Å². The summed E-state index contributed by atoms with van der Waals surface area (Å²) in [5.41, 5.74) is 1.15. The second-order valence-corrected chi connectivity index (χ2v) is 10.4. The van der Waals surface area contributed by atoms with Crippen molar-refractivity contribution >= 4 is 23.0 Å². The highest BCUT2D eigenvalue weighted by atomic mass is 19.4. The maximum atomic E-state index is 13.9. The molecule has 3 atom stereocenters. The van der Waals surface area contributed by atoms with E-state index < -0.39 is 61.2 Å². The number of nitrogens with zero attached hydrogens (tertiary/aromatic N) is 4. The van der Waals surface area contributed by atoms with E-state index >= 15 is 0 Å². The third-order valence-electron chi connectivity index (χ3n) is 7.73. The van der Waals surface area contributed by atoms with Crippen molar-refractivity contribution in [2.45, 2.75) is 69.4 Å². The first-order chi connectivity index (χ1) is 19.4. The average Bonchev–Trinajstić information content (AvgIpc) is 3.66. The van der Waals surface area contributed by atoms with Gasteiger partial charge in [0.2, 0.25) is 11.8 Å². The van der Waals surface area contributed by atoms with Gasteiger partial charge < -0.3 is 25.1 Å². The number of hydrogen-bond acceptors (Lipinski definition) is 6. The zero-order valence-electron chi connectivity index (χ0n) is 22.0. The fraction of sp³-hybridized carbons (Fsp3) is 0.538. The molecule has 3 heterocycles. The van der Waals surface area contributed by atoms with E-state index in [9.17, 15) is 36.6 Å². The molecule has 1 aliphatic carbocycles. The summed E-state index contributed by atoms with van der Waals surface area (Å²) < 4.78 is 74.9. The second-order valence-electron chi connectivity index (χ2n) is 10.4. The van der Waals surface area contributed by atoms with Crippen molar-refractivity contribution in [2.24, 2.45) is 5.92 Å². The Kier molecular flexibility index (Phi) is 7.66. The summed E-state index contributed by atoms with van der Waals surface area (Å²) in [5.74, 6) is -3.59. The van der Waals surface area contributed by atoms with Crippen molar-refractivity contribution < 1.29 is 41.1 Å². The number of benzene rings is 1. The van der Waals surface area contributed by atoms with E-state index in [-0.39, 0.29) is 48.4 Å². The maximum Gasteiger partial charge on any atom is 0.410 e. The van der Waals surface area contributed by atoms with Crippen LogP contribution in [0.25, 0.3) is 11.1 Å². The molecule has 2 aliphatic rings. The van der Waals surface area contributed by atoms with Gasteiger partial charge in [0.1, 0.15) is 23.3 Å².